The van der Waals surface area contributed by atoms with Gasteiger partial charge < -0.3 is 5.32 Å². The van der Waals surface area contributed by atoms with Crippen molar-refractivity contribution >= 4 is 45.3 Å². The first kappa shape index (κ1) is 15.1. The van der Waals surface area contributed by atoms with Gasteiger partial charge in [0.05, 0.1) is 12.1 Å². The first-order valence-electron chi connectivity index (χ1n) is 6.40. The van der Waals surface area contributed by atoms with Crippen molar-refractivity contribution in [2.45, 2.75) is 13.3 Å². The van der Waals surface area contributed by atoms with E-state index in [1.54, 1.807) is 0 Å². The predicted octanol–water partition coefficient (Wildman–Crippen LogP) is 3.80. The third-order valence-corrected chi connectivity index (χ3v) is 4.70. The van der Waals surface area contributed by atoms with Crippen molar-refractivity contribution in [1.29, 1.82) is 0 Å². The van der Waals surface area contributed by atoms with Gasteiger partial charge in [-0.15, -0.1) is 21.5 Å². The van der Waals surface area contributed by atoms with Crippen LogP contribution in [0.25, 0.3) is 10.6 Å². The molecular formula is C14H11ClN4OS2. The van der Waals surface area contributed by atoms with E-state index in [9.17, 15) is 4.79 Å². The molecule has 0 aliphatic rings. The molecule has 8 heteroatoms. The summed E-state index contributed by atoms with van der Waals surface area (Å²) in [5.74, 6) is -0.149. The molecule has 1 amide bonds. The molecule has 0 bridgehead atoms. The van der Waals surface area contributed by atoms with Crippen molar-refractivity contribution in [1.82, 2.24) is 15.2 Å². The van der Waals surface area contributed by atoms with Gasteiger partial charge in [-0.1, -0.05) is 35.1 Å². The number of thiazole rings is 1. The Morgan fingerprint density at radius 3 is 2.73 bits per heavy atom. The molecule has 5 nitrogen and oxygen atoms in total. The topological polar surface area (TPSA) is 67.8 Å². The van der Waals surface area contributed by atoms with E-state index in [-0.39, 0.29) is 12.3 Å². The maximum Gasteiger partial charge on any atom is 0.232 e. The van der Waals surface area contributed by atoms with Crippen molar-refractivity contribution in [2.75, 3.05) is 5.32 Å². The summed E-state index contributed by atoms with van der Waals surface area (Å²) in [7, 11) is 0. The highest BCUT2D eigenvalue weighted by molar-refractivity contribution is 7.15. The number of hydrogen-bond acceptors (Lipinski definition) is 6. The van der Waals surface area contributed by atoms with Crippen molar-refractivity contribution < 1.29 is 4.79 Å². The summed E-state index contributed by atoms with van der Waals surface area (Å²) in [6, 6.07) is 7.47. The number of carbonyl (C=O) groups excluding carboxylic acids is 1. The fraction of sp³-hybridized carbons (Fsp3) is 0.143. The summed E-state index contributed by atoms with van der Waals surface area (Å²) >= 11 is 8.72. The number of halogens is 1. The van der Waals surface area contributed by atoms with Gasteiger partial charge in [-0.05, 0) is 19.1 Å². The number of anilines is 1. The lowest BCUT2D eigenvalue weighted by Gasteiger charge is -1.98. The first-order valence-corrected chi connectivity index (χ1v) is 8.48. The summed E-state index contributed by atoms with van der Waals surface area (Å²) in [6.45, 7) is 1.84. The van der Waals surface area contributed by atoms with Crippen molar-refractivity contribution in [3.05, 3.63) is 45.4 Å². The average Bonchev–Trinajstić information content (AvgIpc) is 3.09. The number of rotatable bonds is 4. The van der Waals surface area contributed by atoms with Crippen molar-refractivity contribution in [3.63, 3.8) is 0 Å². The van der Waals surface area contributed by atoms with Crippen LogP contribution in [0.3, 0.4) is 0 Å². The molecule has 1 N–H and O–H groups in total. The number of amides is 1. The largest absolute Gasteiger partial charge is 0.300 e. The molecule has 0 aliphatic carbocycles. The number of nitrogens with zero attached hydrogens (tertiary/aromatic N) is 3. The van der Waals surface area contributed by atoms with Crippen LogP contribution in [0.1, 0.15) is 10.7 Å². The van der Waals surface area contributed by atoms with Gasteiger partial charge in [0.1, 0.15) is 10.0 Å². The van der Waals surface area contributed by atoms with Crippen LogP contribution in [0.2, 0.25) is 5.02 Å². The molecule has 22 heavy (non-hydrogen) atoms. The highest BCUT2D eigenvalue weighted by Crippen LogP contribution is 2.25. The lowest BCUT2D eigenvalue weighted by Crippen LogP contribution is -2.14. The lowest BCUT2D eigenvalue weighted by molar-refractivity contribution is -0.115. The Bertz CT molecular complexity index is 797. The molecule has 2 aromatic heterocycles. The Morgan fingerprint density at radius 2 is 2.05 bits per heavy atom. The van der Waals surface area contributed by atoms with Gasteiger partial charge in [0.25, 0.3) is 0 Å². The number of hydrogen-bond donors (Lipinski definition) is 1. The number of carbonyl (C=O) groups is 1. The SMILES string of the molecule is Cc1nnc(NC(=O)Cc2csc(-c3ccc(Cl)cc3)n2)s1. The zero-order valence-corrected chi connectivity index (χ0v) is 13.9. The lowest BCUT2D eigenvalue weighted by atomic mass is 10.2. The standard InChI is InChI=1S/C14H11ClN4OS2/c1-8-18-19-14(22-8)17-12(20)6-11-7-21-13(16-11)9-2-4-10(15)5-3-9/h2-5,7H,6H2,1H3,(H,17,19,20). The summed E-state index contributed by atoms with van der Waals surface area (Å²) in [5.41, 5.74) is 1.72. The van der Waals surface area contributed by atoms with E-state index >= 15 is 0 Å². The highest BCUT2D eigenvalue weighted by atomic mass is 35.5. The second kappa shape index (κ2) is 6.51. The molecule has 3 rings (SSSR count). The van der Waals surface area contributed by atoms with Crippen LogP contribution in [-0.2, 0) is 11.2 Å². The van der Waals surface area contributed by atoms with Gasteiger partial charge in [0, 0.05) is 16.0 Å². The van der Waals surface area contributed by atoms with Crippen LogP contribution in [0, 0.1) is 6.92 Å². The van der Waals surface area contributed by atoms with Gasteiger partial charge in [-0.25, -0.2) is 4.98 Å². The summed E-state index contributed by atoms with van der Waals surface area (Å²) in [5, 5.41) is 15.2. The Hall–Kier alpha value is -1.83. The quantitative estimate of drug-likeness (QED) is 0.777. The Morgan fingerprint density at radius 1 is 1.27 bits per heavy atom. The summed E-state index contributed by atoms with van der Waals surface area (Å²) in [6.07, 6.45) is 0.211. The van der Waals surface area contributed by atoms with E-state index in [0.29, 0.717) is 10.2 Å². The normalized spacial score (nSPS) is 10.6. The second-order valence-corrected chi connectivity index (χ2v) is 6.98. The molecule has 0 saturated carbocycles. The van der Waals surface area contributed by atoms with Crippen molar-refractivity contribution in [2.24, 2.45) is 0 Å². The minimum Gasteiger partial charge on any atom is -0.300 e. The fourth-order valence-corrected chi connectivity index (χ4v) is 3.35. The Balaban J connectivity index is 1.66. The minimum atomic E-state index is -0.149. The molecule has 0 atom stereocenters. The van der Waals surface area contributed by atoms with Crippen LogP contribution in [0.4, 0.5) is 5.13 Å². The molecule has 3 aromatic rings. The van der Waals surface area contributed by atoms with E-state index < -0.39 is 0 Å². The molecule has 1 aromatic carbocycles. The first-order chi connectivity index (χ1) is 10.6. The molecule has 0 unspecified atom stereocenters. The molecule has 0 spiro atoms. The van der Waals surface area contributed by atoms with Crippen LogP contribution >= 0.6 is 34.3 Å². The average molecular weight is 351 g/mol. The number of nitrogens with one attached hydrogen (secondary N) is 1. The van der Waals surface area contributed by atoms with Gasteiger partial charge in [-0.3, -0.25) is 4.79 Å². The second-order valence-electron chi connectivity index (χ2n) is 4.50. The minimum absolute atomic E-state index is 0.149. The monoisotopic (exact) mass is 350 g/mol. The third kappa shape index (κ3) is 3.68. The van der Waals surface area contributed by atoms with Gasteiger partial charge >= 0.3 is 0 Å². The van der Waals surface area contributed by atoms with Crippen LogP contribution in [0.5, 0.6) is 0 Å². The molecule has 0 aliphatic heterocycles. The van der Waals surface area contributed by atoms with Crippen LogP contribution < -0.4 is 5.32 Å². The fourth-order valence-electron chi connectivity index (χ4n) is 1.79. The Labute approximate surface area is 140 Å². The van der Waals surface area contributed by atoms with Crippen LogP contribution in [0.15, 0.2) is 29.6 Å². The van der Waals surface area contributed by atoms with E-state index in [1.807, 2.05) is 36.6 Å². The molecular weight excluding hydrogens is 340 g/mol. The molecule has 112 valence electrons. The van der Waals surface area contributed by atoms with Gasteiger partial charge in [0.15, 0.2) is 0 Å². The maximum absolute atomic E-state index is 12.0. The maximum atomic E-state index is 12.0. The van der Waals surface area contributed by atoms with E-state index in [1.165, 1.54) is 22.7 Å². The smallest absolute Gasteiger partial charge is 0.232 e. The summed E-state index contributed by atoms with van der Waals surface area (Å²) < 4.78 is 0. The predicted molar refractivity (Wildman–Crippen MR) is 89.5 cm³/mol. The number of aromatic nitrogens is 3. The van der Waals surface area contributed by atoms with E-state index in [0.717, 1.165) is 21.3 Å². The Kier molecular flexibility index (Phi) is 4.47. The zero-order valence-electron chi connectivity index (χ0n) is 11.5. The zero-order chi connectivity index (χ0) is 15.5. The van der Waals surface area contributed by atoms with E-state index in [2.05, 4.69) is 20.5 Å². The number of aryl methyl sites for hydroxylation is 1. The van der Waals surface area contributed by atoms with Gasteiger partial charge in [0.2, 0.25) is 11.0 Å². The number of benzene rings is 1. The molecule has 0 radical (unpaired) electrons. The van der Waals surface area contributed by atoms with E-state index in [4.69, 9.17) is 11.6 Å². The third-order valence-electron chi connectivity index (χ3n) is 2.76. The van der Waals surface area contributed by atoms with Gasteiger partial charge in [-0.2, -0.15) is 0 Å². The molecule has 0 saturated heterocycles. The van der Waals surface area contributed by atoms with Crippen LogP contribution in [-0.4, -0.2) is 21.1 Å². The molecule has 0 fully saturated rings. The molecule has 2 heterocycles. The van der Waals surface area contributed by atoms with Crippen molar-refractivity contribution in [3.8, 4) is 10.6 Å². The summed E-state index contributed by atoms with van der Waals surface area (Å²) in [4.78, 5) is 16.4. The highest BCUT2D eigenvalue weighted by Gasteiger charge is 2.11.